The zero-order valence-corrected chi connectivity index (χ0v) is 16.5. The minimum atomic E-state index is -0.571. The Morgan fingerprint density at radius 2 is 1.80 bits per heavy atom. The van der Waals surface area contributed by atoms with Gasteiger partial charge >= 0.3 is 11.7 Å². The minimum absolute atomic E-state index is 0.0116. The molecule has 0 aliphatic rings. The fourth-order valence-electron chi connectivity index (χ4n) is 2.85. The first-order valence-corrected chi connectivity index (χ1v) is 8.77. The Morgan fingerprint density at radius 1 is 1.10 bits per heavy atom. The van der Waals surface area contributed by atoms with Gasteiger partial charge < -0.3 is 19.7 Å². The maximum atomic E-state index is 12.1. The predicted octanol–water partition coefficient (Wildman–Crippen LogP) is 3.69. The van der Waals surface area contributed by atoms with E-state index in [2.05, 4.69) is 15.3 Å². The van der Waals surface area contributed by atoms with Crippen molar-refractivity contribution in [3.8, 4) is 5.75 Å². The van der Waals surface area contributed by atoms with Crippen molar-refractivity contribution in [1.29, 1.82) is 0 Å². The highest BCUT2D eigenvalue weighted by atomic mass is 16.6. The summed E-state index contributed by atoms with van der Waals surface area (Å²) in [5.41, 5.74) is 0.901. The zero-order chi connectivity index (χ0) is 21.7. The Labute approximate surface area is 172 Å². The first-order valence-electron chi connectivity index (χ1n) is 8.77. The average molecular weight is 409 g/mol. The molecule has 0 aliphatic heterocycles. The molecule has 0 amide bonds. The highest BCUT2D eigenvalue weighted by molar-refractivity contribution is 5.97. The van der Waals surface area contributed by atoms with E-state index in [0.717, 1.165) is 0 Å². The Hall–Kier alpha value is -4.21. The van der Waals surface area contributed by atoms with Crippen molar-refractivity contribution in [1.82, 2.24) is 9.97 Å². The lowest BCUT2D eigenvalue weighted by Gasteiger charge is -2.21. The summed E-state index contributed by atoms with van der Waals surface area (Å²) in [5, 5.41) is 14.8. The van der Waals surface area contributed by atoms with Crippen LogP contribution in [-0.4, -0.2) is 42.1 Å². The first-order chi connectivity index (χ1) is 14.5. The summed E-state index contributed by atoms with van der Waals surface area (Å²) in [5.74, 6) is 0.114. The highest BCUT2D eigenvalue weighted by Gasteiger charge is 2.28. The van der Waals surface area contributed by atoms with Crippen molar-refractivity contribution in [2.24, 2.45) is 0 Å². The van der Waals surface area contributed by atoms with Crippen LogP contribution in [0.2, 0.25) is 0 Å². The molecule has 0 fully saturated rings. The van der Waals surface area contributed by atoms with Crippen LogP contribution >= 0.6 is 0 Å². The second kappa shape index (κ2) is 8.86. The van der Waals surface area contributed by atoms with Crippen molar-refractivity contribution in [3.05, 3.63) is 70.5 Å². The molecular formula is C20H19N5O5. The van der Waals surface area contributed by atoms with E-state index in [1.807, 2.05) is 0 Å². The topological polar surface area (TPSA) is 120 Å². The summed E-state index contributed by atoms with van der Waals surface area (Å²) in [6.45, 7) is 0. The van der Waals surface area contributed by atoms with E-state index in [1.165, 1.54) is 18.3 Å². The number of anilines is 4. The number of ether oxygens (including phenoxy) is 2. The SMILES string of the molecule is COC(=O)c1ccccc1N(C)c1ncnc(Nc2ccc(OC)cc2)c1[N+](=O)[O-]. The molecule has 1 N–H and O–H groups in total. The number of esters is 1. The summed E-state index contributed by atoms with van der Waals surface area (Å²) < 4.78 is 9.92. The van der Waals surface area contributed by atoms with Crippen LogP contribution in [0, 0.1) is 10.1 Å². The molecule has 30 heavy (non-hydrogen) atoms. The Kier molecular flexibility index (Phi) is 6.06. The largest absolute Gasteiger partial charge is 0.497 e. The van der Waals surface area contributed by atoms with Gasteiger partial charge in [-0.2, -0.15) is 0 Å². The second-order valence-corrected chi connectivity index (χ2v) is 6.07. The van der Waals surface area contributed by atoms with Crippen LogP contribution in [-0.2, 0) is 4.74 Å². The van der Waals surface area contributed by atoms with E-state index in [-0.39, 0.29) is 22.9 Å². The van der Waals surface area contributed by atoms with Gasteiger partial charge in [-0.1, -0.05) is 12.1 Å². The van der Waals surface area contributed by atoms with E-state index >= 15 is 0 Å². The van der Waals surface area contributed by atoms with Crippen LogP contribution in [0.1, 0.15) is 10.4 Å². The maximum absolute atomic E-state index is 12.1. The van der Waals surface area contributed by atoms with Gasteiger partial charge in [0.1, 0.15) is 12.1 Å². The number of hydrogen-bond acceptors (Lipinski definition) is 9. The number of aromatic nitrogens is 2. The fraction of sp³-hybridized carbons (Fsp3) is 0.150. The molecule has 0 radical (unpaired) electrons. The molecule has 10 nitrogen and oxygen atoms in total. The van der Waals surface area contributed by atoms with Crippen LogP contribution < -0.4 is 15.0 Å². The van der Waals surface area contributed by atoms with E-state index in [1.54, 1.807) is 62.7 Å². The summed E-state index contributed by atoms with van der Waals surface area (Å²) in [4.78, 5) is 33.0. The molecular weight excluding hydrogens is 390 g/mol. The molecule has 0 spiro atoms. The van der Waals surface area contributed by atoms with Crippen LogP contribution in [0.4, 0.5) is 28.7 Å². The number of hydrogen-bond donors (Lipinski definition) is 1. The first kappa shape index (κ1) is 20.5. The number of benzene rings is 2. The Balaban J connectivity index is 2.05. The normalized spacial score (nSPS) is 10.2. The number of nitrogens with one attached hydrogen (secondary N) is 1. The third kappa shape index (κ3) is 4.12. The van der Waals surface area contributed by atoms with Gasteiger partial charge in [-0.15, -0.1) is 0 Å². The third-order valence-electron chi connectivity index (χ3n) is 4.33. The van der Waals surface area contributed by atoms with Crippen molar-refractivity contribution < 1.29 is 19.2 Å². The van der Waals surface area contributed by atoms with Gasteiger partial charge in [-0.3, -0.25) is 10.1 Å². The number of methoxy groups -OCH3 is 2. The van der Waals surface area contributed by atoms with Gasteiger partial charge in [0.25, 0.3) is 0 Å². The van der Waals surface area contributed by atoms with Crippen molar-refractivity contribution in [2.75, 3.05) is 31.5 Å². The van der Waals surface area contributed by atoms with Gasteiger partial charge in [-0.05, 0) is 36.4 Å². The average Bonchev–Trinajstić information content (AvgIpc) is 2.78. The maximum Gasteiger partial charge on any atom is 0.354 e. The molecule has 0 aliphatic carbocycles. The highest BCUT2D eigenvalue weighted by Crippen LogP contribution is 2.37. The molecule has 3 aromatic rings. The monoisotopic (exact) mass is 409 g/mol. The van der Waals surface area contributed by atoms with Gasteiger partial charge in [0.2, 0.25) is 11.6 Å². The summed E-state index contributed by atoms with van der Waals surface area (Å²) >= 11 is 0. The smallest absolute Gasteiger partial charge is 0.354 e. The van der Waals surface area contributed by atoms with Crippen LogP contribution in [0.3, 0.4) is 0 Å². The van der Waals surface area contributed by atoms with Gasteiger partial charge in [-0.25, -0.2) is 14.8 Å². The third-order valence-corrected chi connectivity index (χ3v) is 4.33. The van der Waals surface area contributed by atoms with Crippen LogP contribution in [0.15, 0.2) is 54.9 Å². The molecule has 154 valence electrons. The van der Waals surface area contributed by atoms with Crippen molar-refractivity contribution in [2.45, 2.75) is 0 Å². The molecule has 1 aromatic heterocycles. The number of carbonyl (C=O) groups is 1. The second-order valence-electron chi connectivity index (χ2n) is 6.07. The molecule has 1 heterocycles. The van der Waals surface area contributed by atoms with Crippen molar-refractivity contribution >= 4 is 34.7 Å². The fourth-order valence-corrected chi connectivity index (χ4v) is 2.85. The number of nitro groups is 1. The molecule has 0 unspecified atom stereocenters. The van der Waals surface area contributed by atoms with Crippen LogP contribution in [0.5, 0.6) is 5.75 Å². The Morgan fingerprint density at radius 3 is 2.43 bits per heavy atom. The van der Waals surface area contributed by atoms with Crippen LogP contribution in [0.25, 0.3) is 0 Å². The quantitative estimate of drug-likeness (QED) is 0.354. The number of rotatable bonds is 7. The van der Waals surface area contributed by atoms with Gasteiger partial charge in [0, 0.05) is 12.7 Å². The van der Waals surface area contributed by atoms with Crippen molar-refractivity contribution in [3.63, 3.8) is 0 Å². The standard InChI is InChI=1S/C20H19N5O5/c1-24(16-7-5-4-6-15(16)20(26)30-3)19-17(25(27)28)18(21-12-22-19)23-13-8-10-14(29-2)11-9-13/h4-12H,1-3H3,(H,21,22,23). The lowest BCUT2D eigenvalue weighted by atomic mass is 10.1. The van der Waals surface area contributed by atoms with Gasteiger partial charge in [0.05, 0.1) is 30.4 Å². The Bertz CT molecular complexity index is 1070. The molecule has 0 saturated heterocycles. The molecule has 0 atom stereocenters. The summed E-state index contributed by atoms with van der Waals surface area (Å²) in [7, 11) is 4.39. The zero-order valence-electron chi connectivity index (χ0n) is 16.5. The van der Waals surface area contributed by atoms with E-state index in [4.69, 9.17) is 9.47 Å². The number of carbonyl (C=O) groups excluding carboxylic acids is 1. The van der Waals surface area contributed by atoms with Gasteiger partial charge in [0.15, 0.2) is 0 Å². The van der Waals surface area contributed by atoms with E-state index < -0.39 is 10.9 Å². The molecule has 2 aromatic carbocycles. The van der Waals surface area contributed by atoms with E-state index in [0.29, 0.717) is 17.1 Å². The molecule has 3 rings (SSSR count). The number of nitrogens with zero attached hydrogens (tertiary/aromatic N) is 4. The lowest BCUT2D eigenvalue weighted by molar-refractivity contribution is -0.383. The number of para-hydroxylation sites is 1. The molecule has 0 bridgehead atoms. The van der Waals surface area contributed by atoms with E-state index in [9.17, 15) is 14.9 Å². The summed E-state index contributed by atoms with van der Waals surface area (Å²) in [6.07, 6.45) is 1.21. The lowest BCUT2D eigenvalue weighted by Crippen LogP contribution is -2.18. The predicted molar refractivity (Wildman–Crippen MR) is 111 cm³/mol. The minimum Gasteiger partial charge on any atom is -0.497 e. The summed E-state index contributed by atoms with van der Waals surface area (Å²) in [6, 6.07) is 13.5. The molecule has 10 heteroatoms. The molecule has 0 saturated carbocycles.